The third-order valence-corrected chi connectivity index (χ3v) is 5.05. The number of rotatable bonds is 0. The molecule has 0 saturated carbocycles. The molecule has 5 heteroatoms. The molecule has 0 aliphatic heterocycles. The van der Waals surface area contributed by atoms with Crippen molar-refractivity contribution in [2.75, 3.05) is 0 Å². The summed E-state index contributed by atoms with van der Waals surface area (Å²) in [6.07, 6.45) is 1.35. The molecule has 0 saturated heterocycles. The van der Waals surface area contributed by atoms with Gasteiger partial charge in [-0.1, -0.05) is 12.1 Å². The number of hydrogen-bond acceptors (Lipinski definition) is 5. The first-order chi connectivity index (χ1) is 10.8. The highest BCUT2D eigenvalue weighted by Gasteiger charge is 2.43. The smallest absolute Gasteiger partial charge is 0.237 e. The van der Waals surface area contributed by atoms with Crippen LogP contribution in [-0.2, 0) is 12.0 Å². The Balaban J connectivity index is 2.05. The maximum Gasteiger partial charge on any atom is 0.237 e. The lowest BCUT2D eigenvalue weighted by Crippen LogP contribution is -2.42. The van der Waals surface area contributed by atoms with E-state index >= 15 is 0 Å². The summed E-state index contributed by atoms with van der Waals surface area (Å²) in [5.41, 5.74) is 1.56. The van der Waals surface area contributed by atoms with Crippen LogP contribution in [0.4, 0.5) is 0 Å². The number of furan rings is 1. The first kappa shape index (κ1) is 14.4. The van der Waals surface area contributed by atoms with Crippen LogP contribution < -0.4 is 0 Å². The van der Waals surface area contributed by atoms with Crippen LogP contribution in [0.15, 0.2) is 22.8 Å². The molecule has 0 radical (unpaired) electrons. The topological polar surface area (TPSA) is 87.7 Å². The summed E-state index contributed by atoms with van der Waals surface area (Å²) >= 11 is 0. The van der Waals surface area contributed by atoms with Crippen LogP contribution >= 0.6 is 0 Å². The lowest BCUT2D eigenvalue weighted by atomic mass is 9.73. The second-order valence-electron chi connectivity index (χ2n) is 6.50. The van der Waals surface area contributed by atoms with Gasteiger partial charge in [-0.15, -0.1) is 0 Å². The van der Waals surface area contributed by atoms with Crippen molar-refractivity contribution in [3.63, 3.8) is 0 Å². The molecule has 1 unspecified atom stereocenters. The number of benzene rings is 1. The van der Waals surface area contributed by atoms with Crippen molar-refractivity contribution in [3.8, 4) is 11.3 Å². The van der Waals surface area contributed by atoms with Gasteiger partial charge in [0.15, 0.2) is 0 Å². The van der Waals surface area contributed by atoms with E-state index in [1.54, 1.807) is 19.1 Å². The fourth-order valence-corrected chi connectivity index (χ4v) is 3.72. The molecule has 2 aromatic rings. The first-order valence-electron chi connectivity index (χ1n) is 7.58. The number of Topliss-reactive ketones (excluding diaryl/α,β-unsaturated/α-hetero) is 2. The Bertz CT molecular complexity index is 872. The first-order valence-corrected chi connectivity index (χ1v) is 7.58. The van der Waals surface area contributed by atoms with Crippen molar-refractivity contribution in [1.82, 2.24) is 0 Å². The van der Waals surface area contributed by atoms with Gasteiger partial charge in [-0.3, -0.25) is 9.59 Å². The molecule has 0 fully saturated rings. The molecule has 2 aliphatic carbocycles. The van der Waals surface area contributed by atoms with E-state index in [1.165, 1.54) is 13.2 Å². The van der Waals surface area contributed by atoms with Crippen molar-refractivity contribution < 1.29 is 24.2 Å². The fourth-order valence-electron chi connectivity index (χ4n) is 3.72. The number of carbonyl (C=O) groups excluding carboxylic acids is 2. The lowest BCUT2D eigenvalue weighted by molar-refractivity contribution is -0.0765. The molecule has 2 aliphatic rings. The van der Waals surface area contributed by atoms with Crippen molar-refractivity contribution >= 4 is 11.6 Å². The van der Waals surface area contributed by atoms with Gasteiger partial charge < -0.3 is 14.6 Å². The van der Waals surface area contributed by atoms with Crippen LogP contribution in [0.1, 0.15) is 50.8 Å². The summed E-state index contributed by atoms with van der Waals surface area (Å²) in [5, 5.41) is 20.6. The Morgan fingerprint density at radius 2 is 1.91 bits per heavy atom. The second kappa shape index (κ2) is 4.40. The van der Waals surface area contributed by atoms with Crippen molar-refractivity contribution in [3.05, 3.63) is 46.2 Å². The quantitative estimate of drug-likeness (QED) is 0.728. The molecule has 0 bridgehead atoms. The van der Waals surface area contributed by atoms with Crippen LogP contribution in [0.25, 0.3) is 11.3 Å². The predicted octanol–water partition coefficient (Wildman–Crippen LogP) is 2.15. The molecule has 0 amide bonds. The van der Waals surface area contributed by atoms with E-state index in [9.17, 15) is 19.8 Å². The minimum absolute atomic E-state index is 0.307. The molecular weight excluding hydrogens is 296 g/mol. The molecule has 1 heterocycles. The van der Waals surface area contributed by atoms with Gasteiger partial charge >= 0.3 is 0 Å². The number of aliphatic hydroxyl groups is 2. The number of aliphatic hydroxyl groups excluding tert-OH is 1. The molecule has 118 valence electrons. The second-order valence-corrected chi connectivity index (χ2v) is 6.50. The monoisotopic (exact) mass is 312 g/mol. The number of carbonyl (C=O) groups is 2. The lowest BCUT2D eigenvalue weighted by Gasteiger charge is -2.37. The minimum atomic E-state index is -1.44. The van der Waals surface area contributed by atoms with E-state index in [1.807, 2.05) is 0 Å². The van der Waals surface area contributed by atoms with Gasteiger partial charge in [0.1, 0.15) is 11.4 Å². The predicted molar refractivity (Wildman–Crippen MR) is 81.4 cm³/mol. The molecule has 5 nitrogen and oxygen atoms in total. The Hall–Kier alpha value is -2.24. The van der Waals surface area contributed by atoms with Crippen LogP contribution in [0.5, 0.6) is 0 Å². The Kier molecular flexibility index (Phi) is 2.75. The molecular formula is C18H16O5. The molecule has 2 atom stereocenters. The van der Waals surface area contributed by atoms with Gasteiger partial charge in [-0.2, -0.15) is 0 Å². The van der Waals surface area contributed by atoms with Gasteiger partial charge in [0, 0.05) is 11.1 Å². The van der Waals surface area contributed by atoms with Gasteiger partial charge in [-0.05, 0) is 43.4 Å². The maximum absolute atomic E-state index is 12.7. The highest BCUT2D eigenvalue weighted by Crippen LogP contribution is 2.44. The number of hydrogen-bond donors (Lipinski definition) is 2. The largest absolute Gasteiger partial charge is 0.463 e. The average Bonchev–Trinajstić information content (AvgIpc) is 2.90. The van der Waals surface area contributed by atoms with E-state index in [0.29, 0.717) is 52.0 Å². The zero-order chi connectivity index (χ0) is 16.5. The van der Waals surface area contributed by atoms with E-state index in [0.717, 1.165) is 0 Å². The average molecular weight is 312 g/mol. The fraction of sp³-hybridized carbons (Fsp3) is 0.333. The molecule has 1 aromatic heterocycles. The number of ketones is 2. The highest BCUT2D eigenvalue weighted by molar-refractivity contribution is 6.53. The van der Waals surface area contributed by atoms with Gasteiger partial charge in [0.25, 0.3) is 0 Å². The van der Waals surface area contributed by atoms with Crippen LogP contribution in [0.2, 0.25) is 0 Å². The van der Waals surface area contributed by atoms with Crippen LogP contribution in [-0.4, -0.2) is 27.9 Å². The van der Waals surface area contributed by atoms with Crippen LogP contribution in [0.3, 0.4) is 0 Å². The molecule has 0 spiro atoms. The van der Waals surface area contributed by atoms with Crippen molar-refractivity contribution in [2.45, 2.75) is 38.4 Å². The zero-order valence-electron chi connectivity index (χ0n) is 12.8. The van der Waals surface area contributed by atoms with Crippen molar-refractivity contribution in [2.24, 2.45) is 0 Å². The van der Waals surface area contributed by atoms with Gasteiger partial charge in [0.2, 0.25) is 11.6 Å². The molecule has 4 rings (SSSR count). The van der Waals surface area contributed by atoms with Gasteiger partial charge in [0.05, 0.1) is 17.9 Å². The molecule has 2 N–H and O–H groups in total. The molecule has 23 heavy (non-hydrogen) atoms. The summed E-state index contributed by atoms with van der Waals surface area (Å²) in [6, 6.07) is 3.40. The van der Waals surface area contributed by atoms with Crippen molar-refractivity contribution in [1.29, 1.82) is 0 Å². The number of aryl methyl sites for hydroxylation is 1. The summed E-state index contributed by atoms with van der Waals surface area (Å²) < 4.78 is 5.51. The van der Waals surface area contributed by atoms with E-state index in [-0.39, 0.29) is 0 Å². The third-order valence-electron chi connectivity index (χ3n) is 5.05. The zero-order valence-corrected chi connectivity index (χ0v) is 12.8. The molecule has 1 aromatic carbocycles. The van der Waals surface area contributed by atoms with E-state index < -0.39 is 23.3 Å². The summed E-state index contributed by atoms with van der Waals surface area (Å²) in [7, 11) is 0. The Morgan fingerprint density at radius 1 is 1.22 bits per heavy atom. The van der Waals surface area contributed by atoms with Gasteiger partial charge in [-0.25, -0.2) is 0 Å². The third kappa shape index (κ3) is 1.69. The van der Waals surface area contributed by atoms with E-state index in [4.69, 9.17) is 4.42 Å². The Labute approximate surface area is 132 Å². The standard InChI is InChI=1S/C18H16O5/c1-8-7-23-17-10-3-5-11-9(4-6-12(19)18(11,2)22)14(10)16(21)15(20)13(8)17/h3,5,7,12,19,22H,4,6H2,1-2H3/t12?,18-/m1/s1. The summed E-state index contributed by atoms with van der Waals surface area (Å²) in [4.78, 5) is 25.1. The normalized spacial score (nSPS) is 25.8. The maximum atomic E-state index is 12.7. The minimum Gasteiger partial charge on any atom is -0.463 e. The van der Waals surface area contributed by atoms with E-state index in [2.05, 4.69) is 0 Å². The summed E-state index contributed by atoms with van der Waals surface area (Å²) in [5.74, 6) is -0.727. The van der Waals surface area contributed by atoms with Crippen LogP contribution in [0, 0.1) is 6.92 Å². The number of fused-ring (bicyclic) bond motifs is 5. The Morgan fingerprint density at radius 3 is 2.65 bits per heavy atom. The SMILES string of the molecule is Cc1coc2c1C(=O)C(=O)c1c-2ccc2c1CCC(O)[C@]2(C)O. The summed E-state index contributed by atoms with van der Waals surface area (Å²) in [6.45, 7) is 3.26. The highest BCUT2D eigenvalue weighted by atomic mass is 16.3.